The molecule has 0 amide bonds. The number of hydrogen-bond acceptors (Lipinski definition) is 2. The first kappa shape index (κ1) is 14.5. The van der Waals surface area contributed by atoms with Crippen LogP contribution >= 0.6 is 15.9 Å². The molecule has 2 unspecified atom stereocenters. The van der Waals surface area contributed by atoms with Crippen molar-refractivity contribution in [2.24, 2.45) is 5.92 Å². The fraction of sp³-hybridized carbons (Fsp3) is 0.625. The molecule has 2 atom stereocenters. The summed E-state index contributed by atoms with van der Waals surface area (Å²) in [6.07, 6.45) is 3.95. The Morgan fingerprint density at radius 2 is 2.15 bits per heavy atom. The van der Waals surface area contributed by atoms with E-state index in [4.69, 9.17) is 0 Å². The zero-order chi connectivity index (χ0) is 14.1. The standard InChI is InChI=1S/C16H22BrFN2/c1-19-7-2-3-13-11-20(8-6-16(13)19)10-12-4-5-15(18)14(17)9-12/h4-5,9,13,16H,2-3,6-8,10-11H2,1H3. The molecular formula is C16H22BrFN2. The van der Waals surface area contributed by atoms with E-state index in [1.54, 1.807) is 6.07 Å². The fourth-order valence-electron chi connectivity index (χ4n) is 3.77. The van der Waals surface area contributed by atoms with E-state index >= 15 is 0 Å². The van der Waals surface area contributed by atoms with Crippen LogP contribution in [0.1, 0.15) is 24.8 Å². The molecule has 4 heteroatoms. The predicted molar refractivity (Wildman–Crippen MR) is 83.1 cm³/mol. The molecule has 2 saturated heterocycles. The van der Waals surface area contributed by atoms with Gasteiger partial charge < -0.3 is 4.90 Å². The van der Waals surface area contributed by atoms with E-state index in [-0.39, 0.29) is 5.82 Å². The van der Waals surface area contributed by atoms with Crippen LogP contribution in [-0.4, -0.2) is 42.5 Å². The lowest BCUT2D eigenvalue weighted by Crippen LogP contribution is -2.52. The van der Waals surface area contributed by atoms with E-state index < -0.39 is 0 Å². The SMILES string of the molecule is CN1CCCC2CN(Cc3ccc(F)c(Br)c3)CCC21. The van der Waals surface area contributed by atoms with Gasteiger partial charge in [-0.1, -0.05) is 6.07 Å². The minimum atomic E-state index is -0.179. The topological polar surface area (TPSA) is 6.48 Å². The van der Waals surface area contributed by atoms with E-state index in [0.29, 0.717) is 4.47 Å². The summed E-state index contributed by atoms with van der Waals surface area (Å²) in [5.41, 5.74) is 1.20. The Bertz CT molecular complexity index is 480. The van der Waals surface area contributed by atoms with Crippen molar-refractivity contribution in [2.45, 2.75) is 31.8 Å². The van der Waals surface area contributed by atoms with E-state index in [9.17, 15) is 4.39 Å². The number of benzene rings is 1. The Balaban J connectivity index is 1.63. The maximum absolute atomic E-state index is 13.3. The van der Waals surface area contributed by atoms with Gasteiger partial charge in [-0.15, -0.1) is 0 Å². The molecule has 110 valence electrons. The van der Waals surface area contributed by atoms with Crippen LogP contribution in [0.5, 0.6) is 0 Å². The molecular weight excluding hydrogens is 319 g/mol. The molecule has 3 rings (SSSR count). The Morgan fingerprint density at radius 1 is 1.30 bits per heavy atom. The molecule has 1 aromatic carbocycles. The Morgan fingerprint density at radius 3 is 2.95 bits per heavy atom. The second kappa shape index (κ2) is 6.12. The number of halogens is 2. The lowest BCUT2D eigenvalue weighted by molar-refractivity contribution is 0.0355. The normalized spacial score (nSPS) is 28.4. The van der Waals surface area contributed by atoms with Crippen LogP contribution in [0.25, 0.3) is 0 Å². The number of rotatable bonds is 2. The molecule has 0 bridgehead atoms. The minimum Gasteiger partial charge on any atom is -0.303 e. The summed E-state index contributed by atoms with van der Waals surface area (Å²) >= 11 is 3.27. The van der Waals surface area contributed by atoms with E-state index in [1.165, 1.54) is 37.9 Å². The maximum Gasteiger partial charge on any atom is 0.137 e. The molecule has 0 saturated carbocycles. The largest absolute Gasteiger partial charge is 0.303 e. The highest BCUT2D eigenvalue weighted by Gasteiger charge is 2.33. The third-order valence-electron chi connectivity index (χ3n) is 4.82. The number of fused-ring (bicyclic) bond motifs is 1. The lowest BCUT2D eigenvalue weighted by Gasteiger charge is -2.46. The number of hydrogen-bond donors (Lipinski definition) is 0. The fourth-order valence-corrected chi connectivity index (χ4v) is 4.19. The Labute approximate surface area is 129 Å². The smallest absolute Gasteiger partial charge is 0.137 e. The first-order valence-corrected chi connectivity index (χ1v) is 8.29. The second-order valence-electron chi connectivity index (χ2n) is 6.22. The van der Waals surface area contributed by atoms with Gasteiger partial charge in [-0.3, -0.25) is 4.90 Å². The van der Waals surface area contributed by atoms with Crippen LogP contribution in [0.2, 0.25) is 0 Å². The average Bonchev–Trinajstić information content (AvgIpc) is 2.43. The number of nitrogens with zero attached hydrogens (tertiary/aromatic N) is 2. The first-order valence-electron chi connectivity index (χ1n) is 7.50. The van der Waals surface area contributed by atoms with E-state index in [0.717, 1.165) is 25.0 Å². The van der Waals surface area contributed by atoms with Crippen molar-refractivity contribution >= 4 is 15.9 Å². The van der Waals surface area contributed by atoms with Crippen LogP contribution in [-0.2, 0) is 6.54 Å². The Hall–Kier alpha value is -0.450. The number of piperidine rings is 2. The summed E-state index contributed by atoms with van der Waals surface area (Å²) in [5, 5.41) is 0. The van der Waals surface area contributed by atoms with Crippen LogP contribution in [0, 0.1) is 11.7 Å². The summed E-state index contributed by atoms with van der Waals surface area (Å²) in [4.78, 5) is 5.07. The zero-order valence-electron chi connectivity index (χ0n) is 12.0. The van der Waals surface area contributed by atoms with Gasteiger partial charge in [0.15, 0.2) is 0 Å². The van der Waals surface area contributed by atoms with Crippen molar-refractivity contribution in [3.63, 3.8) is 0 Å². The third-order valence-corrected chi connectivity index (χ3v) is 5.43. The minimum absolute atomic E-state index is 0.179. The van der Waals surface area contributed by atoms with Crippen molar-refractivity contribution in [3.05, 3.63) is 34.1 Å². The molecule has 2 aliphatic rings. The molecule has 0 N–H and O–H groups in total. The van der Waals surface area contributed by atoms with Gasteiger partial charge in [-0.2, -0.15) is 0 Å². The van der Waals surface area contributed by atoms with Crippen molar-refractivity contribution in [2.75, 3.05) is 26.7 Å². The summed E-state index contributed by atoms with van der Waals surface area (Å²) in [7, 11) is 2.27. The summed E-state index contributed by atoms with van der Waals surface area (Å²) in [6.45, 7) is 4.53. The predicted octanol–water partition coefficient (Wildman–Crippen LogP) is 3.50. The summed E-state index contributed by atoms with van der Waals surface area (Å²) in [5.74, 6) is 0.632. The highest BCUT2D eigenvalue weighted by atomic mass is 79.9. The van der Waals surface area contributed by atoms with Crippen molar-refractivity contribution in [1.29, 1.82) is 0 Å². The van der Waals surface area contributed by atoms with Gasteiger partial charge in [0.1, 0.15) is 5.82 Å². The molecule has 1 aromatic rings. The quantitative estimate of drug-likeness (QED) is 0.812. The molecule has 20 heavy (non-hydrogen) atoms. The highest BCUT2D eigenvalue weighted by molar-refractivity contribution is 9.10. The number of likely N-dealkylation sites (tertiary alicyclic amines) is 2. The van der Waals surface area contributed by atoms with Crippen LogP contribution in [0.15, 0.2) is 22.7 Å². The zero-order valence-corrected chi connectivity index (χ0v) is 13.6. The molecule has 0 spiro atoms. The lowest BCUT2D eigenvalue weighted by atomic mass is 9.84. The molecule has 0 aromatic heterocycles. The first-order chi connectivity index (χ1) is 9.63. The van der Waals surface area contributed by atoms with Crippen LogP contribution in [0.4, 0.5) is 4.39 Å². The van der Waals surface area contributed by atoms with Gasteiger partial charge in [-0.25, -0.2) is 4.39 Å². The monoisotopic (exact) mass is 340 g/mol. The van der Waals surface area contributed by atoms with Gasteiger partial charge in [0.25, 0.3) is 0 Å². The molecule has 2 nitrogen and oxygen atoms in total. The van der Waals surface area contributed by atoms with Crippen molar-refractivity contribution < 1.29 is 4.39 Å². The molecule has 0 aliphatic carbocycles. The van der Waals surface area contributed by atoms with Gasteiger partial charge >= 0.3 is 0 Å². The van der Waals surface area contributed by atoms with E-state index in [1.807, 2.05) is 12.1 Å². The van der Waals surface area contributed by atoms with Crippen molar-refractivity contribution in [1.82, 2.24) is 9.80 Å². The van der Waals surface area contributed by atoms with Crippen molar-refractivity contribution in [3.8, 4) is 0 Å². The average molecular weight is 341 g/mol. The molecule has 2 heterocycles. The van der Waals surface area contributed by atoms with Gasteiger partial charge in [0.2, 0.25) is 0 Å². The maximum atomic E-state index is 13.3. The van der Waals surface area contributed by atoms with Gasteiger partial charge in [-0.05, 0) is 78.9 Å². The Kier molecular flexibility index (Phi) is 4.43. The van der Waals surface area contributed by atoms with Crippen LogP contribution in [0.3, 0.4) is 0 Å². The van der Waals surface area contributed by atoms with Gasteiger partial charge in [0.05, 0.1) is 4.47 Å². The van der Waals surface area contributed by atoms with Crippen LogP contribution < -0.4 is 0 Å². The highest BCUT2D eigenvalue weighted by Crippen LogP contribution is 2.30. The van der Waals surface area contributed by atoms with Gasteiger partial charge in [0, 0.05) is 19.1 Å². The summed E-state index contributed by atoms with van der Waals surface area (Å²) < 4.78 is 13.8. The van der Waals surface area contributed by atoms with E-state index in [2.05, 4.69) is 32.8 Å². The molecule has 2 aliphatic heterocycles. The third kappa shape index (κ3) is 3.07. The summed E-state index contributed by atoms with van der Waals surface area (Å²) in [6, 6.07) is 6.15. The molecule has 2 fully saturated rings. The second-order valence-corrected chi connectivity index (χ2v) is 7.08. The molecule has 0 radical (unpaired) electrons.